The van der Waals surface area contributed by atoms with Crippen LogP contribution in [-0.4, -0.2) is 80.2 Å². The van der Waals surface area contributed by atoms with Crippen LogP contribution >= 0.6 is 0 Å². The molecule has 0 saturated carbocycles. The molecule has 2 rings (SSSR count). The molecule has 0 radical (unpaired) electrons. The van der Waals surface area contributed by atoms with Crippen LogP contribution in [0.1, 0.15) is 19.4 Å². The van der Waals surface area contributed by atoms with Crippen LogP contribution in [0.2, 0.25) is 0 Å². The molecule has 9 nitrogen and oxygen atoms in total. The number of carbonyl (C=O) groups excluding carboxylic acids is 2. The lowest BCUT2D eigenvalue weighted by Crippen LogP contribution is -2.42. The van der Waals surface area contributed by atoms with Gasteiger partial charge in [-0.2, -0.15) is 0 Å². The van der Waals surface area contributed by atoms with Crippen LogP contribution in [0.25, 0.3) is 0 Å². The van der Waals surface area contributed by atoms with E-state index in [-0.39, 0.29) is 19.0 Å². The van der Waals surface area contributed by atoms with Crippen molar-refractivity contribution in [3.05, 3.63) is 41.9 Å². The third-order valence-electron chi connectivity index (χ3n) is 5.23. The van der Waals surface area contributed by atoms with Gasteiger partial charge in [0.05, 0.1) is 45.6 Å². The van der Waals surface area contributed by atoms with Gasteiger partial charge in [0.15, 0.2) is 0 Å². The van der Waals surface area contributed by atoms with Crippen LogP contribution in [-0.2, 0) is 30.2 Å². The van der Waals surface area contributed by atoms with Crippen LogP contribution in [0, 0.1) is 11.8 Å². The molecule has 0 unspecified atom stereocenters. The Balaban J connectivity index is 1.82. The monoisotopic (exact) mass is 449 g/mol. The zero-order valence-electron chi connectivity index (χ0n) is 19.0. The number of likely N-dealkylation sites (N-methyl/N-ethyl adjacent to an activating group) is 1. The molecule has 1 aliphatic rings. The molecule has 1 aliphatic heterocycles. The van der Waals surface area contributed by atoms with E-state index in [1.165, 1.54) is 17.0 Å². The Morgan fingerprint density at radius 3 is 2.28 bits per heavy atom. The first kappa shape index (κ1) is 25.9. The van der Waals surface area contributed by atoms with Crippen LogP contribution in [0.5, 0.6) is 5.75 Å². The quantitative estimate of drug-likeness (QED) is 0.501. The maximum absolute atomic E-state index is 11.8. The Morgan fingerprint density at radius 1 is 1.12 bits per heavy atom. The summed E-state index contributed by atoms with van der Waals surface area (Å²) in [4.78, 5) is 25.0. The first-order valence-corrected chi connectivity index (χ1v) is 10.5. The Hall–Kier alpha value is -2.40. The number of benzene rings is 1. The minimum absolute atomic E-state index is 0.0366. The number of carbonyl (C=O) groups is 2. The molecule has 2 N–H and O–H groups in total. The van der Waals surface area contributed by atoms with Gasteiger partial charge in [-0.1, -0.05) is 32.1 Å². The van der Waals surface area contributed by atoms with Crippen molar-refractivity contribution in [3.8, 4) is 5.75 Å². The molecular formula is C22H32BNO8. The molecule has 0 aromatic heterocycles. The van der Waals surface area contributed by atoms with Crippen molar-refractivity contribution in [3.63, 3.8) is 0 Å². The summed E-state index contributed by atoms with van der Waals surface area (Å²) in [5.41, 5.74) is 0.984. The number of aliphatic hydroxyl groups is 2. The van der Waals surface area contributed by atoms with Crippen molar-refractivity contribution in [2.75, 3.05) is 33.9 Å². The van der Waals surface area contributed by atoms with Crippen LogP contribution in [0.3, 0.4) is 0 Å². The molecule has 1 saturated heterocycles. The van der Waals surface area contributed by atoms with Crippen molar-refractivity contribution in [1.29, 1.82) is 0 Å². The van der Waals surface area contributed by atoms with Gasteiger partial charge in [0, 0.05) is 11.8 Å². The summed E-state index contributed by atoms with van der Waals surface area (Å²) in [7, 11) is 2.00. The molecule has 0 aliphatic carbocycles. The van der Waals surface area contributed by atoms with Gasteiger partial charge in [-0.15, -0.1) is 0 Å². The van der Waals surface area contributed by atoms with Gasteiger partial charge >= 0.3 is 19.1 Å². The summed E-state index contributed by atoms with van der Waals surface area (Å²) in [5.74, 6) is 0.222. The molecule has 1 fully saturated rings. The number of nitrogens with zero attached hydrogens (tertiary/aromatic N) is 1. The highest BCUT2D eigenvalue weighted by Gasteiger charge is 2.31. The van der Waals surface area contributed by atoms with E-state index in [4.69, 9.17) is 18.8 Å². The Labute approximate surface area is 189 Å². The van der Waals surface area contributed by atoms with Crippen molar-refractivity contribution in [2.24, 2.45) is 11.8 Å². The summed E-state index contributed by atoms with van der Waals surface area (Å²) in [6.45, 7) is 4.16. The standard InChI is InChI=1S/C22H32BNO8/c1-15(13-30-14-17-5-7-18(29-4)8-6-17)22(28)16(2)19(25)9-10-23-31-20(26)11-24(3)12-21(27)32-23/h5-10,15-16,19,22,25,28H,11-14H2,1-4H3/b10-9+/t15-,16+,19-,22-/m0/s1. The molecule has 1 aromatic carbocycles. The Morgan fingerprint density at radius 2 is 1.72 bits per heavy atom. The average molecular weight is 449 g/mol. The number of rotatable bonds is 10. The highest BCUT2D eigenvalue weighted by Crippen LogP contribution is 2.19. The van der Waals surface area contributed by atoms with E-state index < -0.39 is 37.2 Å². The predicted molar refractivity (Wildman–Crippen MR) is 118 cm³/mol. The van der Waals surface area contributed by atoms with Gasteiger partial charge in [0.2, 0.25) is 0 Å². The molecule has 0 spiro atoms. The second-order valence-electron chi connectivity index (χ2n) is 8.09. The van der Waals surface area contributed by atoms with Gasteiger partial charge in [-0.3, -0.25) is 14.5 Å². The minimum atomic E-state index is -1.21. The van der Waals surface area contributed by atoms with Crippen LogP contribution < -0.4 is 4.74 Å². The maximum Gasteiger partial charge on any atom is 0.628 e. The summed E-state index contributed by atoms with van der Waals surface area (Å²) >= 11 is 0. The largest absolute Gasteiger partial charge is 0.628 e. The van der Waals surface area contributed by atoms with Crippen molar-refractivity contribution < 1.29 is 38.6 Å². The normalized spacial score (nSPS) is 19.5. The molecule has 1 heterocycles. The lowest BCUT2D eigenvalue weighted by molar-refractivity contribution is -0.145. The highest BCUT2D eigenvalue weighted by molar-refractivity contribution is 6.54. The van der Waals surface area contributed by atoms with E-state index in [9.17, 15) is 19.8 Å². The SMILES string of the molecule is COc1ccc(COC[C@H](C)[C@H](O)[C@H](C)[C@@H](O)/C=C/B2OC(=O)CN(C)CC(=O)O2)cc1. The Kier molecular flexibility index (Phi) is 10.2. The summed E-state index contributed by atoms with van der Waals surface area (Å²) in [5, 5.41) is 21.0. The highest BCUT2D eigenvalue weighted by atomic mass is 16.6. The number of hydrogen-bond acceptors (Lipinski definition) is 9. The lowest BCUT2D eigenvalue weighted by atomic mass is 9.84. The maximum atomic E-state index is 11.8. The van der Waals surface area contributed by atoms with E-state index in [1.54, 1.807) is 21.1 Å². The topological polar surface area (TPSA) is 115 Å². The van der Waals surface area contributed by atoms with Gasteiger partial charge < -0.3 is 29.0 Å². The van der Waals surface area contributed by atoms with E-state index in [2.05, 4.69) is 0 Å². The molecule has 4 atom stereocenters. The zero-order valence-corrected chi connectivity index (χ0v) is 19.0. The smallest absolute Gasteiger partial charge is 0.497 e. The predicted octanol–water partition coefficient (Wildman–Crippen LogP) is 0.821. The van der Waals surface area contributed by atoms with E-state index in [1.807, 2.05) is 31.2 Å². The van der Waals surface area contributed by atoms with E-state index >= 15 is 0 Å². The zero-order chi connectivity index (χ0) is 23.7. The van der Waals surface area contributed by atoms with Crippen molar-refractivity contribution in [1.82, 2.24) is 4.90 Å². The van der Waals surface area contributed by atoms with Crippen molar-refractivity contribution >= 4 is 19.1 Å². The van der Waals surface area contributed by atoms with Crippen LogP contribution in [0.15, 0.2) is 36.3 Å². The molecule has 0 bridgehead atoms. The minimum Gasteiger partial charge on any atom is -0.497 e. The molecule has 1 aromatic rings. The van der Waals surface area contributed by atoms with Gasteiger partial charge in [-0.05, 0) is 30.7 Å². The molecule has 10 heteroatoms. The second kappa shape index (κ2) is 12.6. The molecule has 32 heavy (non-hydrogen) atoms. The summed E-state index contributed by atoms with van der Waals surface area (Å²) in [6, 6.07) is 7.52. The third kappa shape index (κ3) is 8.27. The fourth-order valence-electron chi connectivity index (χ4n) is 3.22. The first-order valence-electron chi connectivity index (χ1n) is 10.5. The molecular weight excluding hydrogens is 417 g/mol. The molecule has 176 valence electrons. The van der Waals surface area contributed by atoms with Crippen molar-refractivity contribution in [2.45, 2.75) is 32.7 Å². The first-order chi connectivity index (χ1) is 15.2. The molecule has 0 amide bonds. The number of methoxy groups -OCH3 is 1. The van der Waals surface area contributed by atoms with Gasteiger partial charge in [0.1, 0.15) is 5.75 Å². The van der Waals surface area contributed by atoms with E-state index in [0.717, 1.165) is 11.3 Å². The number of hydrogen-bond donors (Lipinski definition) is 2. The number of ether oxygens (including phenoxy) is 2. The van der Waals surface area contributed by atoms with Gasteiger partial charge in [-0.25, -0.2) is 0 Å². The summed E-state index contributed by atoms with van der Waals surface area (Å²) in [6.07, 6.45) is -0.531. The average Bonchev–Trinajstić information content (AvgIpc) is 2.75. The number of aliphatic hydroxyl groups excluding tert-OH is 2. The fraction of sp³-hybridized carbons (Fsp3) is 0.545. The van der Waals surface area contributed by atoms with E-state index in [0.29, 0.717) is 13.2 Å². The lowest BCUT2D eigenvalue weighted by Gasteiger charge is -2.27. The van der Waals surface area contributed by atoms with Crippen LogP contribution in [0.4, 0.5) is 0 Å². The Bertz CT molecular complexity index is 752. The van der Waals surface area contributed by atoms with Gasteiger partial charge in [0.25, 0.3) is 0 Å². The fourth-order valence-corrected chi connectivity index (χ4v) is 3.22. The third-order valence-corrected chi connectivity index (χ3v) is 5.23. The second-order valence-corrected chi connectivity index (χ2v) is 8.09. The summed E-state index contributed by atoms with van der Waals surface area (Å²) < 4.78 is 21.0.